The molecule has 1 fully saturated rings. The Hall–Kier alpha value is -0.820. The van der Waals surface area contributed by atoms with Gasteiger partial charge in [0.05, 0.1) is 5.75 Å². The minimum absolute atomic E-state index is 0.0447. The summed E-state index contributed by atoms with van der Waals surface area (Å²) in [5, 5.41) is 2.88. The lowest BCUT2D eigenvalue weighted by Crippen LogP contribution is -2.54. The minimum Gasteiger partial charge on any atom is -0.337 e. The van der Waals surface area contributed by atoms with Gasteiger partial charge in [-0.15, -0.1) is 0 Å². The quantitative estimate of drug-likeness (QED) is 0.832. The van der Waals surface area contributed by atoms with E-state index in [1.807, 2.05) is 0 Å². The van der Waals surface area contributed by atoms with E-state index >= 15 is 0 Å². The molecule has 0 saturated carbocycles. The number of carbonyl (C=O) groups is 1. The van der Waals surface area contributed by atoms with Crippen molar-refractivity contribution in [2.75, 3.05) is 38.5 Å². The summed E-state index contributed by atoms with van der Waals surface area (Å²) in [6.07, 6.45) is 0. The first kappa shape index (κ1) is 16.2. The summed E-state index contributed by atoms with van der Waals surface area (Å²) in [7, 11) is -3.13. The summed E-state index contributed by atoms with van der Waals surface area (Å²) >= 11 is 0. The Balaban J connectivity index is 2.44. The molecule has 1 aliphatic heterocycles. The van der Waals surface area contributed by atoms with E-state index < -0.39 is 10.0 Å². The summed E-state index contributed by atoms with van der Waals surface area (Å²) < 4.78 is 24.8. The Morgan fingerprint density at radius 1 is 1.16 bits per heavy atom. The fourth-order valence-electron chi connectivity index (χ4n) is 1.80. The molecule has 0 unspecified atom stereocenters. The van der Waals surface area contributed by atoms with Crippen molar-refractivity contribution in [3.8, 4) is 0 Å². The van der Waals surface area contributed by atoms with Crippen LogP contribution in [-0.2, 0) is 10.0 Å². The first-order valence-corrected chi connectivity index (χ1v) is 8.27. The summed E-state index contributed by atoms with van der Waals surface area (Å²) in [6, 6.07) is -0.108. The van der Waals surface area contributed by atoms with Gasteiger partial charge in [-0.3, -0.25) is 0 Å². The topological polar surface area (TPSA) is 69.7 Å². The molecule has 1 rings (SSSR count). The van der Waals surface area contributed by atoms with Crippen LogP contribution < -0.4 is 5.32 Å². The van der Waals surface area contributed by atoms with E-state index in [0.717, 1.165) is 0 Å². The van der Waals surface area contributed by atoms with E-state index in [1.54, 1.807) is 11.8 Å². The smallest absolute Gasteiger partial charge is 0.317 e. The lowest BCUT2D eigenvalue weighted by atomic mass is 9.97. The number of rotatable bonds is 3. The number of nitrogens with one attached hydrogen (secondary N) is 1. The molecule has 0 aliphatic carbocycles. The molecule has 1 aliphatic rings. The van der Waals surface area contributed by atoms with Crippen LogP contribution >= 0.6 is 0 Å². The molecule has 0 bridgehead atoms. The molecular formula is C12H25N3O3S. The first-order valence-electron chi connectivity index (χ1n) is 6.66. The van der Waals surface area contributed by atoms with Gasteiger partial charge in [-0.2, -0.15) is 4.31 Å². The van der Waals surface area contributed by atoms with Crippen LogP contribution in [0.3, 0.4) is 0 Å². The lowest BCUT2D eigenvalue weighted by Gasteiger charge is -2.34. The zero-order valence-electron chi connectivity index (χ0n) is 12.3. The van der Waals surface area contributed by atoms with Gasteiger partial charge in [-0.1, -0.05) is 20.8 Å². The van der Waals surface area contributed by atoms with Gasteiger partial charge in [-0.05, 0) is 12.3 Å². The molecule has 0 aromatic heterocycles. The van der Waals surface area contributed by atoms with E-state index in [2.05, 4.69) is 26.1 Å². The maximum atomic E-state index is 11.9. The number of carbonyl (C=O) groups excluding carboxylic acids is 1. The summed E-state index contributed by atoms with van der Waals surface area (Å²) in [5.74, 6) is 0.114. The number of amides is 2. The fourth-order valence-corrected chi connectivity index (χ4v) is 2.89. The van der Waals surface area contributed by atoms with Crippen molar-refractivity contribution in [2.45, 2.75) is 27.7 Å². The van der Waals surface area contributed by atoms with Gasteiger partial charge in [0, 0.05) is 32.7 Å². The molecule has 6 nitrogen and oxygen atoms in total. The predicted octanol–water partition coefficient (Wildman–Crippen LogP) is 0.709. The van der Waals surface area contributed by atoms with Crippen molar-refractivity contribution < 1.29 is 13.2 Å². The highest BCUT2D eigenvalue weighted by atomic mass is 32.2. The molecule has 0 radical (unpaired) electrons. The molecule has 0 aromatic rings. The highest BCUT2D eigenvalue weighted by molar-refractivity contribution is 7.89. The first-order chi connectivity index (χ1) is 8.65. The second-order valence-corrected chi connectivity index (χ2v) is 8.26. The summed E-state index contributed by atoms with van der Waals surface area (Å²) in [4.78, 5) is 13.6. The Kier molecular flexibility index (Phi) is 5.20. The molecule has 0 aromatic carbocycles. The standard InChI is InChI=1S/C12H25N3O3S/c1-5-19(17,18)15-8-6-14(7-9-15)11(16)13-10-12(2,3)4/h5-10H2,1-4H3,(H,13,16). The maximum absolute atomic E-state index is 11.9. The van der Waals surface area contributed by atoms with Gasteiger partial charge < -0.3 is 10.2 Å². The molecule has 2 amide bonds. The largest absolute Gasteiger partial charge is 0.337 e. The zero-order valence-corrected chi connectivity index (χ0v) is 13.1. The molecule has 0 spiro atoms. The molecule has 1 heterocycles. The van der Waals surface area contributed by atoms with Crippen LogP contribution in [0.15, 0.2) is 0 Å². The molecule has 7 heteroatoms. The second kappa shape index (κ2) is 6.09. The third-order valence-electron chi connectivity index (χ3n) is 3.05. The Bertz CT molecular complexity index is 406. The fraction of sp³-hybridized carbons (Fsp3) is 0.917. The Morgan fingerprint density at radius 2 is 1.68 bits per heavy atom. The molecule has 19 heavy (non-hydrogen) atoms. The van der Waals surface area contributed by atoms with Gasteiger partial charge in [0.15, 0.2) is 0 Å². The minimum atomic E-state index is -3.13. The third-order valence-corrected chi connectivity index (χ3v) is 4.94. The molecule has 112 valence electrons. The Morgan fingerprint density at radius 3 is 2.11 bits per heavy atom. The van der Waals surface area contributed by atoms with E-state index in [-0.39, 0.29) is 17.2 Å². The average molecular weight is 291 g/mol. The van der Waals surface area contributed by atoms with Crippen LogP contribution in [0.4, 0.5) is 4.79 Å². The van der Waals surface area contributed by atoms with Crippen molar-refractivity contribution in [3.05, 3.63) is 0 Å². The maximum Gasteiger partial charge on any atom is 0.317 e. The normalized spacial score (nSPS) is 18.4. The van der Waals surface area contributed by atoms with Crippen molar-refractivity contribution in [1.82, 2.24) is 14.5 Å². The summed E-state index contributed by atoms with van der Waals surface area (Å²) in [6.45, 7) is 10.1. The van der Waals surface area contributed by atoms with Crippen LogP contribution in [0.25, 0.3) is 0 Å². The van der Waals surface area contributed by atoms with Crippen LogP contribution in [0.2, 0.25) is 0 Å². The van der Waals surface area contributed by atoms with Crippen molar-refractivity contribution >= 4 is 16.1 Å². The Labute approximate surface area is 116 Å². The van der Waals surface area contributed by atoms with Gasteiger partial charge in [-0.25, -0.2) is 13.2 Å². The highest BCUT2D eigenvalue weighted by Crippen LogP contribution is 2.11. The SMILES string of the molecule is CCS(=O)(=O)N1CCN(C(=O)NCC(C)(C)C)CC1. The van der Waals surface area contributed by atoms with E-state index in [1.165, 1.54) is 4.31 Å². The van der Waals surface area contributed by atoms with Crippen molar-refractivity contribution in [3.63, 3.8) is 0 Å². The number of sulfonamides is 1. The lowest BCUT2D eigenvalue weighted by molar-refractivity contribution is 0.169. The van der Waals surface area contributed by atoms with Gasteiger partial charge in [0.1, 0.15) is 0 Å². The predicted molar refractivity (Wildman–Crippen MR) is 75.5 cm³/mol. The molecule has 0 atom stereocenters. The molecular weight excluding hydrogens is 266 g/mol. The second-order valence-electron chi connectivity index (χ2n) is 6.01. The van der Waals surface area contributed by atoms with E-state index in [9.17, 15) is 13.2 Å². The van der Waals surface area contributed by atoms with E-state index in [4.69, 9.17) is 0 Å². The summed E-state index contributed by atoms with van der Waals surface area (Å²) in [5.41, 5.74) is 0.0447. The molecule has 1 N–H and O–H groups in total. The van der Waals surface area contributed by atoms with Crippen molar-refractivity contribution in [1.29, 1.82) is 0 Å². The van der Waals surface area contributed by atoms with Crippen LogP contribution in [-0.4, -0.2) is 62.1 Å². The highest BCUT2D eigenvalue weighted by Gasteiger charge is 2.27. The number of urea groups is 1. The van der Waals surface area contributed by atoms with Gasteiger partial charge in [0.25, 0.3) is 0 Å². The van der Waals surface area contributed by atoms with Crippen LogP contribution in [0, 0.1) is 5.41 Å². The van der Waals surface area contributed by atoms with E-state index in [0.29, 0.717) is 32.7 Å². The van der Waals surface area contributed by atoms with Crippen molar-refractivity contribution in [2.24, 2.45) is 5.41 Å². The zero-order chi connectivity index (χ0) is 14.7. The molecule has 1 saturated heterocycles. The number of piperazine rings is 1. The number of nitrogens with zero attached hydrogens (tertiary/aromatic N) is 2. The van der Waals surface area contributed by atoms with Crippen LogP contribution in [0.1, 0.15) is 27.7 Å². The number of hydrogen-bond donors (Lipinski definition) is 1. The van der Waals surface area contributed by atoms with Gasteiger partial charge >= 0.3 is 6.03 Å². The average Bonchev–Trinajstić information content (AvgIpc) is 2.35. The third kappa shape index (κ3) is 4.99. The number of hydrogen-bond acceptors (Lipinski definition) is 3. The van der Waals surface area contributed by atoms with Gasteiger partial charge in [0.2, 0.25) is 10.0 Å². The van der Waals surface area contributed by atoms with Crippen LogP contribution in [0.5, 0.6) is 0 Å². The monoisotopic (exact) mass is 291 g/mol.